The summed E-state index contributed by atoms with van der Waals surface area (Å²) in [5.41, 5.74) is 0.618. The quantitative estimate of drug-likeness (QED) is 0.717. The summed E-state index contributed by atoms with van der Waals surface area (Å²) >= 11 is 0. The van der Waals surface area contributed by atoms with Crippen molar-refractivity contribution in [3.63, 3.8) is 0 Å². The van der Waals surface area contributed by atoms with E-state index in [0.717, 1.165) is 6.54 Å². The monoisotopic (exact) mass is 277 g/mol. The Labute approximate surface area is 113 Å². The first kappa shape index (κ1) is 16.9. The molecule has 1 amide bonds. The highest BCUT2D eigenvalue weighted by molar-refractivity contribution is 5.92. The van der Waals surface area contributed by atoms with Gasteiger partial charge >= 0.3 is 0 Å². The van der Waals surface area contributed by atoms with Crippen molar-refractivity contribution in [3.8, 4) is 0 Å². The Kier molecular flexibility index (Phi) is 8.36. The summed E-state index contributed by atoms with van der Waals surface area (Å²) < 4.78 is 10.1. The second-order valence-corrected chi connectivity index (χ2v) is 3.65. The molecule has 0 spiro atoms. The zero-order valence-electron chi connectivity index (χ0n) is 10.9. The van der Waals surface area contributed by atoms with Gasteiger partial charge in [-0.25, -0.2) is 4.98 Å². The van der Waals surface area contributed by atoms with E-state index in [1.807, 2.05) is 0 Å². The molecule has 18 heavy (non-hydrogen) atoms. The first-order chi connectivity index (χ1) is 8.15. The summed E-state index contributed by atoms with van der Waals surface area (Å²) in [6.45, 7) is 6.14. The molecule has 0 radical (unpaired) electrons. The Balaban J connectivity index is 0.00000289. The first-order valence-corrected chi connectivity index (χ1v) is 5.57. The van der Waals surface area contributed by atoms with Crippen molar-refractivity contribution in [1.29, 1.82) is 0 Å². The van der Waals surface area contributed by atoms with E-state index in [0.29, 0.717) is 37.0 Å². The number of oxazole rings is 1. The maximum absolute atomic E-state index is 11.7. The molecule has 0 aromatic carbocycles. The number of methoxy groups -OCH3 is 1. The van der Waals surface area contributed by atoms with Gasteiger partial charge in [0.1, 0.15) is 0 Å². The Hall–Kier alpha value is -1.11. The fourth-order valence-corrected chi connectivity index (χ4v) is 1.39. The number of nitrogens with one attached hydrogen (secondary N) is 2. The second-order valence-electron chi connectivity index (χ2n) is 3.65. The van der Waals surface area contributed by atoms with Crippen LogP contribution in [0.3, 0.4) is 0 Å². The largest absolute Gasteiger partial charge is 0.436 e. The average molecular weight is 278 g/mol. The molecule has 0 unspecified atom stereocenters. The molecule has 0 saturated carbocycles. The molecule has 2 N–H and O–H groups in total. The van der Waals surface area contributed by atoms with Crippen molar-refractivity contribution in [2.45, 2.75) is 13.8 Å². The second kappa shape index (κ2) is 8.91. The maximum atomic E-state index is 11.7. The fourth-order valence-electron chi connectivity index (χ4n) is 1.39. The lowest BCUT2D eigenvalue weighted by Gasteiger charge is -2.05. The van der Waals surface area contributed by atoms with Gasteiger partial charge in [0.25, 0.3) is 5.91 Å². The molecule has 104 valence electrons. The molecular weight excluding hydrogens is 258 g/mol. The molecule has 6 nitrogen and oxygen atoms in total. The van der Waals surface area contributed by atoms with Crippen LogP contribution in [0.1, 0.15) is 22.1 Å². The molecule has 0 aliphatic rings. The minimum Gasteiger partial charge on any atom is -0.436 e. The molecule has 1 aromatic rings. The smallest absolute Gasteiger partial charge is 0.289 e. The van der Waals surface area contributed by atoms with Gasteiger partial charge in [-0.2, -0.15) is 0 Å². The highest BCUT2D eigenvalue weighted by Gasteiger charge is 2.14. The highest BCUT2D eigenvalue weighted by Crippen LogP contribution is 2.08. The topological polar surface area (TPSA) is 76.4 Å². The standard InChI is InChI=1S/C11H19N3O3.ClH/c1-8-10(17-9(2)14-8)11(15)13-5-4-12-6-7-16-3;/h12H,4-7H2,1-3H3,(H,13,15);1H. The van der Waals surface area contributed by atoms with Crippen molar-refractivity contribution in [1.82, 2.24) is 15.6 Å². The lowest BCUT2D eigenvalue weighted by Crippen LogP contribution is -2.33. The Morgan fingerprint density at radius 3 is 2.61 bits per heavy atom. The van der Waals surface area contributed by atoms with Gasteiger partial charge < -0.3 is 19.8 Å². The molecule has 0 aliphatic carbocycles. The van der Waals surface area contributed by atoms with Gasteiger partial charge in [0.2, 0.25) is 5.76 Å². The molecule has 7 heteroatoms. The molecule has 1 aromatic heterocycles. The molecule has 1 rings (SSSR count). The summed E-state index contributed by atoms with van der Waals surface area (Å²) in [4.78, 5) is 15.7. The number of ether oxygens (including phenoxy) is 1. The number of rotatable bonds is 7. The summed E-state index contributed by atoms with van der Waals surface area (Å²) in [6, 6.07) is 0. The number of halogens is 1. The minimum absolute atomic E-state index is 0. The van der Waals surface area contributed by atoms with Crippen LogP contribution in [-0.2, 0) is 4.74 Å². The van der Waals surface area contributed by atoms with E-state index in [1.165, 1.54) is 0 Å². The number of aryl methyl sites for hydroxylation is 2. The molecular formula is C11H20ClN3O3. The summed E-state index contributed by atoms with van der Waals surface area (Å²) in [7, 11) is 1.65. The molecule has 1 heterocycles. The highest BCUT2D eigenvalue weighted by atomic mass is 35.5. The predicted octanol–water partition coefficient (Wildman–Crippen LogP) is 0.679. The number of carbonyl (C=O) groups excluding carboxylic acids is 1. The van der Waals surface area contributed by atoms with Crippen molar-refractivity contribution < 1.29 is 13.9 Å². The maximum Gasteiger partial charge on any atom is 0.289 e. The Morgan fingerprint density at radius 1 is 1.33 bits per heavy atom. The van der Waals surface area contributed by atoms with E-state index in [2.05, 4.69) is 15.6 Å². The van der Waals surface area contributed by atoms with Crippen LogP contribution >= 0.6 is 12.4 Å². The van der Waals surface area contributed by atoms with Crippen LogP contribution in [0.15, 0.2) is 4.42 Å². The molecule has 0 aliphatic heterocycles. The fraction of sp³-hybridized carbons (Fsp3) is 0.636. The van der Waals surface area contributed by atoms with E-state index >= 15 is 0 Å². The SMILES string of the molecule is COCCNCCNC(=O)c1oc(C)nc1C.Cl. The molecule has 0 saturated heterocycles. The van der Waals surface area contributed by atoms with E-state index < -0.39 is 0 Å². The van der Waals surface area contributed by atoms with Crippen LogP contribution in [0.2, 0.25) is 0 Å². The molecule has 0 bridgehead atoms. The number of amides is 1. The number of carbonyl (C=O) groups is 1. The van der Waals surface area contributed by atoms with Crippen molar-refractivity contribution >= 4 is 18.3 Å². The normalized spacial score (nSPS) is 9.94. The molecule has 0 atom stereocenters. The van der Waals surface area contributed by atoms with Gasteiger partial charge in [0.15, 0.2) is 5.89 Å². The lowest BCUT2D eigenvalue weighted by molar-refractivity contribution is 0.0924. The third-order valence-corrected chi connectivity index (χ3v) is 2.18. The van der Waals surface area contributed by atoms with Crippen LogP contribution in [0.25, 0.3) is 0 Å². The lowest BCUT2D eigenvalue weighted by atomic mass is 10.3. The van der Waals surface area contributed by atoms with Crippen LogP contribution in [0.4, 0.5) is 0 Å². The van der Waals surface area contributed by atoms with Gasteiger partial charge in [0, 0.05) is 33.7 Å². The minimum atomic E-state index is -0.225. The van der Waals surface area contributed by atoms with Gasteiger partial charge in [-0.3, -0.25) is 4.79 Å². The first-order valence-electron chi connectivity index (χ1n) is 5.57. The third-order valence-electron chi connectivity index (χ3n) is 2.18. The number of aromatic nitrogens is 1. The van der Waals surface area contributed by atoms with Crippen LogP contribution < -0.4 is 10.6 Å². The van der Waals surface area contributed by atoms with Gasteiger partial charge in [-0.05, 0) is 6.92 Å². The van der Waals surface area contributed by atoms with Crippen LogP contribution in [-0.4, -0.2) is 44.2 Å². The Morgan fingerprint density at radius 2 is 2.06 bits per heavy atom. The van der Waals surface area contributed by atoms with Crippen molar-refractivity contribution in [2.24, 2.45) is 0 Å². The van der Waals surface area contributed by atoms with E-state index in [9.17, 15) is 4.79 Å². The van der Waals surface area contributed by atoms with Gasteiger partial charge in [0.05, 0.1) is 12.3 Å². The zero-order valence-corrected chi connectivity index (χ0v) is 11.7. The van der Waals surface area contributed by atoms with E-state index in [-0.39, 0.29) is 18.3 Å². The number of nitrogens with zero attached hydrogens (tertiary/aromatic N) is 1. The third kappa shape index (κ3) is 5.48. The Bertz CT molecular complexity index is 368. The zero-order chi connectivity index (χ0) is 12.7. The van der Waals surface area contributed by atoms with Gasteiger partial charge in [-0.15, -0.1) is 12.4 Å². The number of hydrogen-bond acceptors (Lipinski definition) is 5. The van der Waals surface area contributed by atoms with Crippen LogP contribution in [0.5, 0.6) is 0 Å². The van der Waals surface area contributed by atoms with Crippen LogP contribution in [0, 0.1) is 13.8 Å². The number of hydrogen-bond donors (Lipinski definition) is 2. The van der Waals surface area contributed by atoms with Gasteiger partial charge in [-0.1, -0.05) is 0 Å². The average Bonchev–Trinajstić information content (AvgIpc) is 2.62. The molecule has 0 fully saturated rings. The summed E-state index contributed by atoms with van der Waals surface area (Å²) in [5, 5.41) is 5.88. The van der Waals surface area contributed by atoms with E-state index in [1.54, 1.807) is 21.0 Å². The van der Waals surface area contributed by atoms with E-state index in [4.69, 9.17) is 9.15 Å². The van der Waals surface area contributed by atoms with Crippen molar-refractivity contribution in [2.75, 3.05) is 33.4 Å². The summed E-state index contributed by atoms with van der Waals surface area (Å²) in [5.74, 6) is 0.571. The predicted molar refractivity (Wildman–Crippen MR) is 70.3 cm³/mol. The summed E-state index contributed by atoms with van der Waals surface area (Å²) in [6.07, 6.45) is 0. The van der Waals surface area contributed by atoms with Crippen molar-refractivity contribution in [3.05, 3.63) is 17.3 Å².